The minimum absolute atomic E-state index is 0.175. The van der Waals surface area contributed by atoms with Crippen molar-refractivity contribution in [3.05, 3.63) is 18.0 Å². The molecule has 1 heterocycles. The maximum atomic E-state index is 10.4. The van der Waals surface area contributed by atoms with Crippen LogP contribution < -0.4 is 4.90 Å². The van der Waals surface area contributed by atoms with E-state index in [4.69, 9.17) is 5.11 Å². The Morgan fingerprint density at radius 1 is 1.41 bits per heavy atom. The summed E-state index contributed by atoms with van der Waals surface area (Å²) in [7, 11) is 1.87. The van der Waals surface area contributed by atoms with Gasteiger partial charge in [0.2, 0.25) is 5.95 Å². The molecule has 0 bridgehead atoms. The molecule has 1 rings (SSSR count). The summed E-state index contributed by atoms with van der Waals surface area (Å²) in [5.74, 6) is 0.288. The Balaban J connectivity index is 2.51. The van der Waals surface area contributed by atoms with Crippen LogP contribution >= 0.6 is 0 Å². The molecule has 0 aromatic carbocycles. The van der Waals surface area contributed by atoms with Crippen LogP contribution in [0.5, 0.6) is 0 Å². The van der Waals surface area contributed by atoms with E-state index >= 15 is 0 Å². The zero-order valence-corrected chi connectivity index (χ0v) is 10.6. The minimum Gasteiger partial charge on any atom is -0.481 e. The molecular formula is C12H19N3O2. The molecule has 1 aromatic rings. The van der Waals surface area contributed by atoms with E-state index in [9.17, 15) is 4.79 Å². The van der Waals surface area contributed by atoms with Crippen LogP contribution in [-0.4, -0.2) is 34.6 Å². The lowest BCUT2D eigenvalue weighted by molar-refractivity contribution is -0.137. The van der Waals surface area contributed by atoms with Crippen molar-refractivity contribution in [2.75, 3.05) is 18.5 Å². The molecule has 1 N–H and O–H groups in total. The monoisotopic (exact) mass is 237 g/mol. The molecule has 0 atom stereocenters. The molecule has 0 spiro atoms. The predicted molar refractivity (Wildman–Crippen MR) is 66.3 cm³/mol. The minimum atomic E-state index is -0.769. The summed E-state index contributed by atoms with van der Waals surface area (Å²) in [5, 5.41) is 8.54. The lowest BCUT2D eigenvalue weighted by Gasteiger charge is -2.16. The van der Waals surface area contributed by atoms with Crippen LogP contribution in [0.3, 0.4) is 0 Å². The van der Waals surface area contributed by atoms with Crippen molar-refractivity contribution in [2.24, 2.45) is 0 Å². The van der Waals surface area contributed by atoms with Gasteiger partial charge in [-0.2, -0.15) is 0 Å². The van der Waals surface area contributed by atoms with Crippen LogP contribution in [0.2, 0.25) is 0 Å². The second kappa shape index (κ2) is 6.18. The van der Waals surface area contributed by atoms with Gasteiger partial charge in [0.25, 0.3) is 0 Å². The van der Waals surface area contributed by atoms with E-state index in [1.54, 1.807) is 0 Å². The highest BCUT2D eigenvalue weighted by molar-refractivity contribution is 5.66. The van der Waals surface area contributed by atoms with Gasteiger partial charge in [0, 0.05) is 32.4 Å². The Kier molecular flexibility index (Phi) is 4.87. The van der Waals surface area contributed by atoms with Gasteiger partial charge in [0.15, 0.2) is 0 Å². The second-order valence-corrected chi connectivity index (χ2v) is 4.39. The molecule has 17 heavy (non-hydrogen) atoms. The molecule has 0 unspecified atom stereocenters. The fourth-order valence-electron chi connectivity index (χ4n) is 1.39. The summed E-state index contributed by atoms with van der Waals surface area (Å²) in [6.07, 6.45) is 4.41. The average Bonchev–Trinajstić information content (AvgIpc) is 2.28. The summed E-state index contributed by atoms with van der Waals surface area (Å²) in [6, 6.07) is 0. The molecule has 0 saturated carbocycles. The number of nitrogens with zero attached hydrogens (tertiary/aromatic N) is 3. The number of anilines is 1. The van der Waals surface area contributed by atoms with Crippen LogP contribution in [0.4, 0.5) is 5.95 Å². The number of rotatable bonds is 6. The number of carbonyl (C=O) groups is 1. The van der Waals surface area contributed by atoms with E-state index in [0.29, 0.717) is 24.8 Å². The zero-order valence-electron chi connectivity index (χ0n) is 10.6. The number of aromatic nitrogens is 2. The first-order chi connectivity index (χ1) is 8.00. The maximum Gasteiger partial charge on any atom is 0.303 e. The first-order valence-corrected chi connectivity index (χ1v) is 5.75. The maximum absolute atomic E-state index is 10.4. The highest BCUT2D eigenvalue weighted by atomic mass is 16.4. The quantitative estimate of drug-likeness (QED) is 0.818. The summed E-state index contributed by atoms with van der Waals surface area (Å²) in [6.45, 7) is 4.83. The highest BCUT2D eigenvalue weighted by Crippen LogP contribution is 2.13. The fourth-order valence-corrected chi connectivity index (χ4v) is 1.39. The Labute approximate surface area is 102 Å². The second-order valence-electron chi connectivity index (χ2n) is 4.39. The topological polar surface area (TPSA) is 66.3 Å². The van der Waals surface area contributed by atoms with Gasteiger partial charge in [-0.05, 0) is 17.9 Å². The van der Waals surface area contributed by atoms with Crippen LogP contribution in [-0.2, 0) is 4.79 Å². The summed E-state index contributed by atoms with van der Waals surface area (Å²) < 4.78 is 0. The van der Waals surface area contributed by atoms with Crippen molar-refractivity contribution in [3.63, 3.8) is 0 Å². The van der Waals surface area contributed by atoms with Crippen molar-refractivity contribution in [1.29, 1.82) is 0 Å². The van der Waals surface area contributed by atoms with Crippen LogP contribution in [0.1, 0.15) is 38.2 Å². The Morgan fingerprint density at radius 3 is 2.47 bits per heavy atom. The summed E-state index contributed by atoms with van der Waals surface area (Å²) in [5.41, 5.74) is 1.10. The lowest BCUT2D eigenvalue weighted by atomic mass is 10.1. The average molecular weight is 237 g/mol. The molecule has 0 fully saturated rings. The predicted octanol–water partition coefficient (Wildman–Crippen LogP) is 1.90. The van der Waals surface area contributed by atoms with Gasteiger partial charge in [-0.3, -0.25) is 4.79 Å². The van der Waals surface area contributed by atoms with E-state index in [1.165, 1.54) is 0 Å². The van der Waals surface area contributed by atoms with E-state index in [1.807, 2.05) is 24.3 Å². The third kappa shape index (κ3) is 4.38. The van der Waals surface area contributed by atoms with Gasteiger partial charge in [0.05, 0.1) is 0 Å². The normalized spacial score (nSPS) is 10.6. The molecule has 0 amide bonds. The van der Waals surface area contributed by atoms with Crippen LogP contribution in [0.15, 0.2) is 12.4 Å². The van der Waals surface area contributed by atoms with Gasteiger partial charge >= 0.3 is 5.97 Å². The van der Waals surface area contributed by atoms with Gasteiger partial charge in [-0.25, -0.2) is 9.97 Å². The van der Waals surface area contributed by atoms with E-state index in [2.05, 4.69) is 23.8 Å². The standard InChI is InChI=1S/C12H19N3O2/c1-9(2)10-7-13-12(14-8-10)15(3)6-4-5-11(16)17/h7-9H,4-6H2,1-3H3,(H,16,17). The SMILES string of the molecule is CC(C)c1cnc(N(C)CCCC(=O)O)nc1. The first kappa shape index (κ1) is 13.4. The van der Waals surface area contributed by atoms with Gasteiger partial charge < -0.3 is 10.0 Å². The zero-order chi connectivity index (χ0) is 12.8. The van der Waals surface area contributed by atoms with Gasteiger partial charge in [-0.1, -0.05) is 13.8 Å². The van der Waals surface area contributed by atoms with Gasteiger partial charge in [-0.15, -0.1) is 0 Å². The van der Waals surface area contributed by atoms with Crippen LogP contribution in [0.25, 0.3) is 0 Å². The molecule has 5 heteroatoms. The molecule has 0 aliphatic rings. The molecule has 94 valence electrons. The number of hydrogen-bond donors (Lipinski definition) is 1. The fraction of sp³-hybridized carbons (Fsp3) is 0.583. The number of carboxylic acids is 1. The number of carboxylic acid groups (broad SMARTS) is 1. The molecule has 0 aliphatic heterocycles. The van der Waals surface area contributed by atoms with Crippen molar-refractivity contribution >= 4 is 11.9 Å². The van der Waals surface area contributed by atoms with Crippen molar-refractivity contribution in [1.82, 2.24) is 9.97 Å². The van der Waals surface area contributed by atoms with Crippen molar-refractivity contribution in [3.8, 4) is 0 Å². The smallest absolute Gasteiger partial charge is 0.303 e. The van der Waals surface area contributed by atoms with E-state index in [-0.39, 0.29) is 6.42 Å². The first-order valence-electron chi connectivity index (χ1n) is 5.75. The largest absolute Gasteiger partial charge is 0.481 e. The summed E-state index contributed by atoms with van der Waals surface area (Å²) >= 11 is 0. The summed E-state index contributed by atoms with van der Waals surface area (Å²) in [4.78, 5) is 20.8. The Bertz CT molecular complexity index is 363. The van der Waals surface area contributed by atoms with Crippen molar-refractivity contribution < 1.29 is 9.90 Å². The number of aliphatic carboxylic acids is 1. The van der Waals surface area contributed by atoms with Crippen LogP contribution in [0, 0.1) is 0 Å². The molecule has 5 nitrogen and oxygen atoms in total. The molecular weight excluding hydrogens is 218 g/mol. The van der Waals surface area contributed by atoms with Gasteiger partial charge in [0.1, 0.15) is 0 Å². The molecule has 0 radical (unpaired) electrons. The van der Waals surface area contributed by atoms with Crippen molar-refractivity contribution in [2.45, 2.75) is 32.6 Å². The Morgan fingerprint density at radius 2 is 2.00 bits per heavy atom. The molecule has 0 saturated heterocycles. The Hall–Kier alpha value is -1.65. The number of hydrogen-bond acceptors (Lipinski definition) is 4. The molecule has 1 aromatic heterocycles. The lowest BCUT2D eigenvalue weighted by Crippen LogP contribution is -2.21. The molecule has 0 aliphatic carbocycles. The highest BCUT2D eigenvalue weighted by Gasteiger charge is 2.06. The third-order valence-electron chi connectivity index (χ3n) is 2.55. The van der Waals surface area contributed by atoms with E-state index < -0.39 is 5.97 Å². The third-order valence-corrected chi connectivity index (χ3v) is 2.55. The van der Waals surface area contributed by atoms with E-state index in [0.717, 1.165) is 5.56 Å².